The average molecular weight is 458 g/mol. The number of benzene rings is 3. The third-order valence-electron chi connectivity index (χ3n) is 5.53. The molecule has 4 rings (SSSR count). The minimum Gasteiger partial charge on any atom is -0.507 e. The van der Waals surface area contributed by atoms with Crippen LogP contribution in [-0.4, -0.2) is 29.3 Å². The number of aromatic hydroxyl groups is 1. The molecule has 3 aromatic carbocycles. The number of phenolic OH excluding ortho intramolecular Hbond substituents is 1. The zero-order valence-electron chi connectivity index (χ0n) is 19.6. The first-order valence-corrected chi connectivity index (χ1v) is 10.8. The highest BCUT2D eigenvalue weighted by Crippen LogP contribution is 2.41. The molecular formula is C27H27N3O4. The summed E-state index contributed by atoms with van der Waals surface area (Å²) in [4.78, 5) is 8.80. The number of ether oxygens (including phenoxy) is 3. The SMILES string of the molecule is COc1ccc(-c2c(C)nc(N)nc2-c2ccc(OCc3ccc(C)cc3)cc2O)cc1OC. The Morgan fingerprint density at radius 1 is 0.853 bits per heavy atom. The van der Waals surface area contributed by atoms with Crippen LogP contribution in [0.3, 0.4) is 0 Å². The smallest absolute Gasteiger partial charge is 0.220 e. The van der Waals surface area contributed by atoms with Gasteiger partial charge >= 0.3 is 0 Å². The van der Waals surface area contributed by atoms with E-state index >= 15 is 0 Å². The number of rotatable bonds is 7. The molecule has 0 saturated heterocycles. The van der Waals surface area contributed by atoms with Crippen LogP contribution in [0.4, 0.5) is 5.95 Å². The number of aryl methyl sites for hydroxylation is 2. The molecule has 4 aromatic rings. The molecule has 0 atom stereocenters. The van der Waals surface area contributed by atoms with Crippen LogP contribution in [0.1, 0.15) is 16.8 Å². The van der Waals surface area contributed by atoms with Gasteiger partial charge in [0.2, 0.25) is 5.95 Å². The van der Waals surface area contributed by atoms with Crippen LogP contribution >= 0.6 is 0 Å². The Hall–Kier alpha value is -4.26. The van der Waals surface area contributed by atoms with Gasteiger partial charge < -0.3 is 25.1 Å². The quantitative estimate of drug-likeness (QED) is 0.388. The lowest BCUT2D eigenvalue weighted by Crippen LogP contribution is -2.03. The molecule has 3 N–H and O–H groups in total. The van der Waals surface area contributed by atoms with Crippen molar-refractivity contribution in [2.75, 3.05) is 20.0 Å². The molecule has 174 valence electrons. The Balaban J connectivity index is 1.71. The van der Waals surface area contributed by atoms with E-state index in [1.165, 1.54) is 5.56 Å². The van der Waals surface area contributed by atoms with Gasteiger partial charge in [-0.25, -0.2) is 9.97 Å². The van der Waals surface area contributed by atoms with Gasteiger partial charge in [-0.2, -0.15) is 0 Å². The molecule has 7 nitrogen and oxygen atoms in total. The van der Waals surface area contributed by atoms with E-state index in [9.17, 15) is 5.11 Å². The van der Waals surface area contributed by atoms with Crippen molar-refractivity contribution in [1.82, 2.24) is 9.97 Å². The van der Waals surface area contributed by atoms with E-state index in [0.29, 0.717) is 40.8 Å². The number of aromatic nitrogens is 2. The van der Waals surface area contributed by atoms with Crippen LogP contribution in [0.25, 0.3) is 22.4 Å². The number of hydrogen-bond acceptors (Lipinski definition) is 7. The Bertz CT molecular complexity index is 1320. The average Bonchev–Trinajstić information content (AvgIpc) is 2.83. The zero-order valence-corrected chi connectivity index (χ0v) is 19.6. The van der Waals surface area contributed by atoms with Crippen molar-refractivity contribution in [3.63, 3.8) is 0 Å². The molecule has 0 unspecified atom stereocenters. The van der Waals surface area contributed by atoms with Gasteiger partial charge in [0.1, 0.15) is 18.1 Å². The predicted octanol–water partition coefficient (Wildman–Crippen LogP) is 5.31. The van der Waals surface area contributed by atoms with E-state index in [1.807, 2.05) is 56.3 Å². The number of nitrogens with two attached hydrogens (primary N) is 1. The summed E-state index contributed by atoms with van der Waals surface area (Å²) in [6.07, 6.45) is 0. The Labute approximate surface area is 198 Å². The summed E-state index contributed by atoms with van der Waals surface area (Å²) in [7, 11) is 3.16. The molecule has 0 amide bonds. The lowest BCUT2D eigenvalue weighted by atomic mass is 9.97. The predicted molar refractivity (Wildman–Crippen MR) is 132 cm³/mol. The molecule has 0 aliphatic carbocycles. The molecule has 0 radical (unpaired) electrons. The van der Waals surface area contributed by atoms with Gasteiger partial charge in [-0.15, -0.1) is 0 Å². The number of phenols is 1. The molecule has 1 heterocycles. The van der Waals surface area contributed by atoms with Gasteiger partial charge in [0.15, 0.2) is 11.5 Å². The first kappa shape index (κ1) is 22.9. The Morgan fingerprint density at radius 3 is 2.26 bits per heavy atom. The molecule has 34 heavy (non-hydrogen) atoms. The highest BCUT2D eigenvalue weighted by Gasteiger charge is 2.19. The van der Waals surface area contributed by atoms with Crippen LogP contribution in [0.15, 0.2) is 60.7 Å². The maximum atomic E-state index is 10.9. The van der Waals surface area contributed by atoms with Crippen molar-refractivity contribution in [3.8, 4) is 45.4 Å². The summed E-state index contributed by atoms with van der Waals surface area (Å²) in [5.41, 5.74) is 11.5. The zero-order chi connectivity index (χ0) is 24.2. The second kappa shape index (κ2) is 9.70. The minimum atomic E-state index is 0.0284. The van der Waals surface area contributed by atoms with Gasteiger partial charge in [0.05, 0.1) is 25.6 Å². The van der Waals surface area contributed by atoms with Crippen LogP contribution in [0.5, 0.6) is 23.0 Å². The second-order valence-corrected chi connectivity index (χ2v) is 7.91. The first-order valence-electron chi connectivity index (χ1n) is 10.8. The van der Waals surface area contributed by atoms with Crippen molar-refractivity contribution in [2.24, 2.45) is 0 Å². The summed E-state index contributed by atoms with van der Waals surface area (Å²) in [5, 5.41) is 10.9. The summed E-state index contributed by atoms with van der Waals surface area (Å²) >= 11 is 0. The summed E-state index contributed by atoms with van der Waals surface area (Å²) in [6, 6.07) is 18.8. The van der Waals surface area contributed by atoms with E-state index < -0.39 is 0 Å². The third kappa shape index (κ3) is 4.73. The first-order chi connectivity index (χ1) is 16.4. The summed E-state index contributed by atoms with van der Waals surface area (Å²) in [5.74, 6) is 1.88. The van der Waals surface area contributed by atoms with Gasteiger partial charge in [-0.1, -0.05) is 35.9 Å². The number of nitrogen functional groups attached to an aromatic ring is 1. The number of methoxy groups -OCH3 is 2. The molecule has 7 heteroatoms. The normalized spacial score (nSPS) is 10.7. The van der Waals surface area contributed by atoms with Crippen molar-refractivity contribution in [3.05, 3.63) is 77.5 Å². The van der Waals surface area contributed by atoms with E-state index in [2.05, 4.69) is 9.97 Å². The van der Waals surface area contributed by atoms with E-state index in [-0.39, 0.29) is 11.7 Å². The monoisotopic (exact) mass is 457 g/mol. The largest absolute Gasteiger partial charge is 0.507 e. The maximum absolute atomic E-state index is 10.9. The van der Waals surface area contributed by atoms with E-state index in [4.69, 9.17) is 19.9 Å². The Morgan fingerprint density at radius 2 is 1.59 bits per heavy atom. The van der Waals surface area contributed by atoms with Crippen LogP contribution in [-0.2, 0) is 6.61 Å². The fraction of sp³-hybridized carbons (Fsp3) is 0.185. The number of anilines is 1. The van der Waals surface area contributed by atoms with Crippen molar-refractivity contribution < 1.29 is 19.3 Å². The fourth-order valence-electron chi connectivity index (χ4n) is 3.78. The maximum Gasteiger partial charge on any atom is 0.220 e. The molecule has 0 aliphatic rings. The van der Waals surface area contributed by atoms with E-state index in [1.54, 1.807) is 32.4 Å². The molecule has 0 saturated carbocycles. The molecule has 0 spiro atoms. The van der Waals surface area contributed by atoms with Crippen molar-refractivity contribution in [1.29, 1.82) is 0 Å². The molecule has 1 aromatic heterocycles. The van der Waals surface area contributed by atoms with Gasteiger partial charge in [0.25, 0.3) is 0 Å². The fourth-order valence-corrected chi connectivity index (χ4v) is 3.78. The molecule has 0 fully saturated rings. The highest BCUT2D eigenvalue weighted by molar-refractivity contribution is 5.86. The van der Waals surface area contributed by atoms with Crippen LogP contribution < -0.4 is 19.9 Å². The van der Waals surface area contributed by atoms with Gasteiger partial charge in [0, 0.05) is 17.2 Å². The molecule has 0 aliphatic heterocycles. The number of nitrogens with zero attached hydrogens (tertiary/aromatic N) is 2. The van der Waals surface area contributed by atoms with Gasteiger partial charge in [-0.05, 0) is 49.2 Å². The topological polar surface area (TPSA) is 99.7 Å². The van der Waals surface area contributed by atoms with Crippen LogP contribution in [0.2, 0.25) is 0 Å². The molecular weight excluding hydrogens is 430 g/mol. The number of hydrogen-bond donors (Lipinski definition) is 2. The second-order valence-electron chi connectivity index (χ2n) is 7.91. The summed E-state index contributed by atoms with van der Waals surface area (Å²) in [6.45, 7) is 4.29. The minimum absolute atomic E-state index is 0.0284. The van der Waals surface area contributed by atoms with Gasteiger partial charge in [-0.3, -0.25) is 0 Å². The van der Waals surface area contributed by atoms with E-state index in [0.717, 1.165) is 16.7 Å². The standard InChI is InChI=1S/C27H27N3O4/c1-16-5-7-18(8-6-16)15-34-20-10-11-21(22(31)14-20)26-25(17(2)29-27(28)30-26)19-9-12-23(32-3)24(13-19)33-4/h5-14,31H,15H2,1-4H3,(H2,28,29,30). The van der Waals surface area contributed by atoms with Crippen molar-refractivity contribution in [2.45, 2.75) is 20.5 Å². The summed E-state index contributed by atoms with van der Waals surface area (Å²) < 4.78 is 16.7. The Kier molecular flexibility index (Phi) is 6.54. The van der Waals surface area contributed by atoms with Crippen LogP contribution in [0, 0.1) is 13.8 Å². The third-order valence-corrected chi connectivity index (χ3v) is 5.53. The lowest BCUT2D eigenvalue weighted by molar-refractivity contribution is 0.304. The molecule has 0 bridgehead atoms. The highest BCUT2D eigenvalue weighted by atomic mass is 16.5. The lowest BCUT2D eigenvalue weighted by Gasteiger charge is -2.16. The van der Waals surface area contributed by atoms with Crippen molar-refractivity contribution >= 4 is 5.95 Å².